The number of Topliss-reactive ketones (excluding diaryl/α,β-unsaturated/α-hetero) is 1. The van der Waals surface area contributed by atoms with E-state index in [0.717, 1.165) is 6.42 Å². The van der Waals surface area contributed by atoms with E-state index in [4.69, 9.17) is 4.55 Å². The van der Waals surface area contributed by atoms with Crippen LogP contribution in [-0.2, 0) is 14.9 Å². The van der Waals surface area contributed by atoms with E-state index in [1.165, 1.54) is 0 Å². The van der Waals surface area contributed by atoms with E-state index in [-0.39, 0.29) is 17.1 Å². The van der Waals surface area contributed by atoms with Crippen LogP contribution in [0.3, 0.4) is 0 Å². The fraction of sp³-hybridized carbons (Fsp3) is 0.900. The summed E-state index contributed by atoms with van der Waals surface area (Å²) in [6.07, 6.45) is 1.41. The number of ketones is 1. The first-order valence-electron chi connectivity index (χ1n) is 5.19. The molecule has 0 heterocycles. The standard InChI is InChI=1S/C10H16O4S/c1-10(2)6-3-8(10)7(9(11)4-6)5-15(12,13)14/h6-8H,3-5H2,1-2H3,(H,12,13,14)/t6-,7-,8+/m1/s1. The first-order valence-corrected chi connectivity index (χ1v) is 6.80. The van der Waals surface area contributed by atoms with Gasteiger partial charge in [-0.1, -0.05) is 13.8 Å². The van der Waals surface area contributed by atoms with Gasteiger partial charge in [0.2, 0.25) is 0 Å². The maximum Gasteiger partial charge on any atom is 0.265 e. The molecule has 0 amide bonds. The first kappa shape index (κ1) is 11.1. The summed E-state index contributed by atoms with van der Waals surface area (Å²) in [7, 11) is -4.04. The van der Waals surface area contributed by atoms with Crippen molar-refractivity contribution in [1.29, 1.82) is 0 Å². The summed E-state index contributed by atoms with van der Waals surface area (Å²) in [6.45, 7) is 4.16. The molecule has 3 atom stereocenters. The maximum atomic E-state index is 11.6. The van der Waals surface area contributed by atoms with Crippen molar-refractivity contribution >= 4 is 15.9 Å². The van der Waals surface area contributed by atoms with E-state index < -0.39 is 21.8 Å². The smallest absolute Gasteiger partial charge is 0.265 e. The average Bonchev–Trinajstić information content (AvgIpc) is 2.05. The third kappa shape index (κ3) is 1.72. The van der Waals surface area contributed by atoms with Crippen molar-refractivity contribution in [3.63, 3.8) is 0 Å². The number of hydrogen-bond donors (Lipinski definition) is 1. The highest BCUT2D eigenvalue weighted by atomic mass is 32.2. The summed E-state index contributed by atoms with van der Waals surface area (Å²) in [4.78, 5) is 11.6. The van der Waals surface area contributed by atoms with Crippen LogP contribution in [0.5, 0.6) is 0 Å². The van der Waals surface area contributed by atoms with E-state index in [0.29, 0.717) is 12.3 Å². The van der Waals surface area contributed by atoms with Gasteiger partial charge < -0.3 is 0 Å². The zero-order valence-corrected chi connectivity index (χ0v) is 9.75. The van der Waals surface area contributed by atoms with Crippen LogP contribution < -0.4 is 0 Å². The summed E-state index contributed by atoms with van der Waals surface area (Å²) in [5.41, 5.74) is 0.0588. The molecule has 5 heteroatoms. The summed E-state index contributed by atoms with van der Waals surface area (Å²) >= 11 is 0. The van der Waals surface area contributed by atoms with E-state index in [2.05, 4.69) is 13.8 Å². The lowest BCUT2D eigenvalue weighted by molar-refractivity contribution is -0.152. The molecule has 2 bridgehead atoms. The Labute approximate surface area is 89.8 Å². The van der Waals surface area contributed by atoms with Crippen molar-refractivity contribution in [3.8, 4) is 0 Å². The van der Waals surface area contributed by atoms with Crippen LogP contribution in [0, 0.1) is 23.2 Å². The molecule has 3 fully saturated rings. The third-order valence-electron chi connectivity index (χ3n) is 4.28. The maximum absolute atomic E-state index is 11.6. The molecule has 15 heavy (non-hydrogen) atoms. The molecule has 3 aliphatic carbocycles. The summed E-state index contributed by atoms with van der Waals surface area (Å²) in [5.74, 6) is -0.335. The van der Waals surface area contributed by atoms with Gasteiger partial charge in [0.05, 0.1) is 5.75 Å². The fourth-order valence-corrected chi connectivity index (χ4v) is 4.01. The van der Waals surface area contributed by atoms with Crippen molar-refractivity contribution < 1.29 is 17.8 Å². The van der Waals surface area contributed by atoms with Crippen LogP contribution in [0.1, 0.15) is 26.7 Å². The lowest BCUT2D eigenvalue weighted by Gasteiger charge is -2.59. The van der Waals surface area contributed by atoms with Gasteiger partial charge >= 0.3 is 0 Å². The van der Waals surface area contributed by atoms with Crippen molar-refractivity contribution in [3.05, 3.63) is 0 Å². The van der Waals surface area contributed by atoms with Crippen LogP contribution in [0.2, 0.25) is 0 Å². The van der Waals surface area contributed by atoms with Gasteiger partial charge in [0.25, 0.3) is 10.1 Å². The number of rotatable bonds is 2. The predicted octanol–water partition coefficient (Wildman–Crippen LogP) is 1.13. The Morgan fingerprint density at radius 1 is 1.47 bits per heavy atom. The minimum absolute atomic E-state index is 0.00759. The minimum atomic E-state index is -4.04. The molecule has 0 spiro atoms. The zero-order chi connectivity index (χ0) is 11.4. The van der Waals surface area contributed by atoms with Crippen LogP contribution in [0.15, 0.2) is 0 Å². The molecule has 0 radical (unpaired) electrons. The van der Waals surface area contributed by atoms with Crippen LogP contribution >= 0.6 is 0 Å². The van der Waals surface area contributed by atoms with Gasteiger partial charge in [-0.05, 0) is 23.7 Å². The van der Waals surface area contributed by atoms with Crippen molar-refractivity contribution in [2.45, 2.75) is 26.7 Å². The summed E-state index contributed by atoms with van der Waals surface area (Å²) < 4.78 is 30.5. The predicted molar refractivity (Wildman–Crippen MR) is 54.9 cm³/mol. The number of fused-ring (bicyclic) bond motifs is 2. The lowest BCUT2D eigenvalue weighted by Crippen LogP contribution is -2.57. The molecule has 0 saturated heterocycles. The molecular formula is C10H16O4S. The Morgan fingerprint density at radius 2 is 2.07 bits per heavy atom. The number of carbonyl (C=O) groups is 1. The molecule has 4 nitrogen and oxygen atoms in total. The molecule has 0 aromatic rings. The highest BCUT2D eigenvalue weighted by Crippen LogP contribution is 2.60. The van der Waals surface area contributed by atoms with Crippen molar-refractivity contribution in [2.75, 3.05) is 5.75 Å². The molecule has 3 rings (SSSR count). The highest BCUT2D eigenvalue weighted by molar-refractivity contribution is 7.85. The molecule has 0 aliphatic heterocycles. The summed E-state index contributed by atoms with van der Waals surface area (Å²) in [6, 6.07) is 0. The van der Waals surface area contributed by atoms with Crippen LogP contribution in [0.25, 0.3) is 0 Å². The highest BCUT2D eigenvalue weighted by Gasteiger charge is 2.58. The van der Waals surface area contributed by atoms with E-state index >= 15 is 0 Å². The number of hydrogen-bond acceptors (Lipinski definition) is 3. The molecule has 0 unspecified atom stereocenters. The topological polar surface area (TPSA) is 71.4 Å². The largest absolute Gasteiger partial charge is 0.299 e. The Hall–Kier alpha value is -0.420. The quantitative estimate of drug-likeness (QED) is 0.724. The Kier molecular flexibility index (Phi) is 2.25. The van der Waals surface area contributed by atoms with Gasteiger partial charge in [-0.3, -0.25) is 9.35 Å². The molecular weight excluding hydrogens is 216 g/mol. The van der Waals surface area contributed by atoms with E-state index in [1.807, 2.05) is 0 Å². The number of carbonyl (C=O) groups excluding carboxylic acids is 1. The van der Waals surface area contributed by atoms with Crippen molar-refractivity contribution in [1.82, 2.24) is 0 Å². The average molecular weight is 232 g/mol. The molecule has 86 valence electrons. The Balaban J connectivity index is 2.20. The van der Waals surface area contributed by atoms with Gasteiger partial charge in [0.15, 0.2) is 0 Å². The van der Waals surface area contributed by atoms with Crippen LogP contribution in [-0.4, -0.2) is 24.5 Å². The lowest BCUT2D eigenvalue weighted by atomic mass is 9.45. The Morgan fingerprint density at radius 3 is 2.53 bits per heavy atom. The first-order chi connectivity index (χ1) is 6.72. The van der Waals surface area contributed by atoms with E-state index in [1.54, 1.807) is 0 Å². The normalized spacial score (nSPS) is 38.6. The second-order valence-corrected chi connectivity index (χ2v) is 6.88. The molecule has 1 N–H and O–H groups in total. The van der Waals surface area contributed by atoms with Crippen LogP contribution in [0.4, 0.5) is 0 Å². The van der Waals surface area contributed by atoms with Gasteiger partial charge in [0.1, 0.15) is 5.78 Å². The van der Waals surface area contributed by atoms with Gasteiger partial charge in [-0.15, -0.1) is 0 Å². The molecule has 0 aromatic heterocycles. The van der Waals surface area contributed by atoms with E-state index in [9.17, 15) is 13.2 Å². The van der Waals surface area contributed by atoms with Gasteiger partial charge in [0, 0.05) is 12.3 Å². The third-order valence-corrected chi connectivity index (χ3v) is 5.06. The second-order valence-electron chi connectivity index (χ2n) is 5.39. The zero-order valence-electron chi connectivity index (χ0n) is 8.93. The van der Waals surface area contributed by atoms with Gasteiger partial charge in [-0.2, -0.15) is 8.42 Å². The van der Waals surface area contributed by atoms with Crippen molar-refractivity contribution in [2.24, 2.45) is 23.2 Å². The fourth-order valence-electron chi connectivity index (χ4n) is 3.14. The summed E-state index contributed by atoms with van der Waals surface area (Å²) in [5, 5.41) is 0. The SMILES string of the molecule is CC1(C)[C@H]2CC(=O)[C@H](CS(=O)(=O)O)[C@@H]1C2. The van der Waals surface area contributed by atoms with Gasteiger partial charge in [-0.25, -0.2) is 0 Å². The molecule has 0 aromatic carbocycles. The Bertz CT molecular complexity index is 396. The second kappa shape index (κ2) is 3.04. The minimum Gasteiger partial charge on any atom is -0.299 e. The molecule has 3 aliphatic rings. The molecule has 3 saturated carbocycles. The monoisotopic (exact) mass is 232 g/mol.